The van der Waals surface area contributed by atoms with Crippen LogP contribution in [-0.2, 0) is 0 Å². The molecule has 0 unspecified atom stereocenters. The molecule has 3 rings (SSSR count). The summed E-state index contributed by atoms with van der Waals surface area (Å²) in [6, 6.07) is 0. The Bertz CT molecular complexity index is 226. The van der Waals surface area contributed by atoms with Gasteiger partial charge in [0.05, 0.1) is 0 Å². The van der Waals surface area contributed by atoms with E-state index in [1.165, 1.54) is 12.3 Å². The number of rotatable bonds is 2. The van der Waals surface area contributed by atoms with Crippen molar-refractivity contribution in [2.45, 2.75) is 55.3 Å². The van der Waals surface area contributed by atoms with Gasteiger partial charge in [-0.1, -0.05) is 0 Å². The van der Waals surface area contributed by atoms with Crippen molar-refractivity contribution in [1.29, 1.82) is 0 Å². The quantitative estimate of drug-likeness (QED) is 0.513. The number of fused-ring (bicyclic) bond motifs is 5. The molecule has 2 bridgehead atoms. The van der Waals surface area contributed by atoms with Gasteiger partial charge < -0.3 is 0 Å². The van der Waals surface area contributed by atoms with Crippen LogP contribution in [0.3, 0.4) is 0 Å². The van der Waals surface area contributed by atoms with E-state index < -0.39 is 0 Å². The van der Waals surface area contributed by atoms with E-state index >= 15 is 0 Å². The summed E-state index contributed by atoms with van der Waals surface area (Å²) >= 11 is 0.467. The summed E-state index contributed by atoms with van der Waals surface area (Å²) in [6.07, 6.45) is 11.1. The van der Waals surface area contributed by atoms with E-state index in [0.717, 1.165) is 14.8 Å². The van der Waals surface area contributed by atoms with E-state index in [1.807, 2.05) is 0 Å². The van der Waals surface area contributed by atoms with Crippen molar-refractivity contribution in [1.82, 2.24) is 0 Å². The molecule has 0 aliphatic heterocycles. The number of hydrogen-bond donors (Lipinski definition) is 0. The minimum atomic E-state index is 0.467. The Balaban J connectivity index is 2.06. The van der Waals surface area contributed by atoms with Gasteiger partial charge in [0, 0.05) is 0 Å². The number of halogens is 1. The van der Waals surface area contributed by atoms with Crippen LogP contribution in [0.5, 0.6) is 0 Å². The van der Waals surface area contributed by atoms with Crippen molar-refractivity contribution in [3.63, 3.8) is 0 Å². The van der Waals surface area contributed by atoms with Crippen molar-refractivity contribution >= 4 is 0 Å². The Morgan fingerprint density at radius 3 is 2.64 bits per heavy atom. The molecule has 14 heavy (non-hydrogen) atoms. The van der Waals surface area contributed by atoms with Gasteiger partial charge in [0.15, 0.2) is 0 Å². The van der Waals surface area contributed by atoms with Crippen LogP contribution in [-0.4, -0.2) is 8.35 Å². The van der Waals surface area contributed by atoms with Crippen molar-refractivity contribution < 1.29 is 21.2 Å². The van der Waals surface area contributed by atoms with Crippen LogP contribution in [0.1, 0.15) is 51.9 Å². The molecule has 0 aromatic rings. The fourth-order valence-corrected chi connectivity index (χ4v) is 9.90. The maximum atomic E-state index is 2.58. The van der Waals surface area contributed by atoms with Gasteiger partial charge in [0.25, 0.3) is 0 Å². The first kappa shape index (κ1) is 9.92. The molecule has 3 fully saturated rings. The van der Waals surface area contributed by atoms with Crippen molar-refractivity contribution in [2.75, 3.05) is 4.93 Å². The van der Waals surface area contributed by atoms with Gasteiger partial charge in [0.2, 0.25) is 0 Å². The third-order valence-corrected chi connectivity index (χ3v) is 10.2. The molecule has 0 heterocycles. The van der Waals surface area contributed by atoms with Crippen LogP contribution in [0, 0.1) is 17.3 Å². The Morgan fingerprint density at radius 2 is 2.00 bits per heavy atom. The Labute approximate surface area is 98.5 Å². The molecule has 82 valence electrons. The average Bonchev–Trinajstić information content (AvgIpc) is 2.88. The zero-order valence-corrected chi connectivity index (χ0v) is 11.6. The molecule has 0 spiro atoms. The van der Waals surface area contributed by atoms with Gasteiger partial charge in [-0.25, -0.2) is 0 Å². The van der Waals surface area contributed by atoms with Gasteiger partial charge in [-0.05, 0) is 0 Å². The zero-order valence-electron chi connectivity index (χ0n) is 9.48. The normalized spacial score (nSPS) is 55.6. The Hall–Kier alpha value is 0.730. The van der Waals surface area contributed by atoms with Gasteiger partial charge in [-0.3, -0.25) is 0 Å². The molecule has 3 aliphatic rings. The SMILES string of the molecule is CC[C@@]12CCC[C@]1([I-]C)[C@H]1CC[C@@H]2C1. The second kappa shape index (κ2) is 3.11. The molecule has 0 saturated heterocycles. The van der Waals surface area contributed by atoms with Gasteiger partial charge in [-0.2, -0.15) is 0 Å². The van der Waals surface area contributed by atoms with Gasteiger partial charge in [-0.15, -0.1) is 0 Å². The van der Waals surface area contributed by atoms with Crippen LogP contribution in [0.4, 0.5) is 0 Å². The summed E-state index contributed by atoms with van der Waals surface area (Å²) in [6.45, 7) is 2.49. The fraction of sp³-hybridized carbons (Fsp3) is 1.00. The maximum absolute atomic E-state index is 2.58. The van der Waals surface area contributed by atoms with Crippen LogP contribution in [0.15, 0.2) is 0 Å². The predicted molar refractivity (Wildman–Crippen MR) is 56.1 cm³/mol. The predicted octanol–water partition coefficient (Wildman–Crippen LogP) is 0.454. The third kappa shape index (κ3) is 0.875. The van der Waals surface area contributed by atoms with E-state index in [0.29, 0.717) is 21.2 Å². The molecule has 0 aromatic heterocycles. The molecular formula is C13H22I-. The molecule has 3 saturated carbocycles. The summed E-state index contributed by atoms with van der Waals surface area (Å²) in [5, 5.41) is 0. The van der Waals surface area contributed by atoms with E-state index in [1.54, 1.807) is 38.5 Å². The molecule has 0 N–H and O–H groups in total. The van der Waals surface area contributed by atoms with E-state index in [-0.39, 0.29) is 0 Å². The van der Waals surface area contributed by atoms with Crippen LogP contribution < -0.4 is 21.2 Å². The summed E-state index contributed by atoms with van der Waals surface area (Å²) in [4.78, 5) is 2.58. The first-order valence-electron chi connectivity index (χ1n) is 6.30. The zero-order chi connectivity index (χ0) is 9.81. The summed E-state index contributed by atoms with van der Waals surface area (Å²) in [5.74, 6) is 2.33. The van der Waals surface area contributed by atoms with Crippen molar-refractivity contribution in [3.8, 4) is 0 Å². The van der Waals surface area contributed by atoms with Crippen LogP contribution >= 0.6 is 0 Å². The second-order valence-electron chi connectivity index (χ2n) is 5.62. The topological polar surface area (TPSA) is 0 Å². The molecule has 0 aromatic carbocycles. The van der Waals surface area contributed by atoms with Gasteiger partial charge in [0.1, 0.15) is 0 Å². The summed E-state index contributed by atoms with van der Waals surface area (Å²) < 4.78 is 0.920. The van der Waals surface area contributed by atoms with Crippen LogP contribution in [0.2, 0.25) is 0 Å². The Morgan fingerprint density at radius 1 is 1.21 bits per heavy atom. The van der Waals surface area contributed by atoms with Crippen molar-refractivity contribution in [3.05, 3.63) is 0 Å². The fourth-order valence-electron chi connectivity index (χ4n) is 5.37. The number of alkyl halides is 2. The molecule has 3 aliphatic carbocycles. The average molecular weight is 305 g/mol. The molecular weight excluding hydrogens is 283 g/mol. The third-order valence-electron chi connectivity index (χ3n) is 5.82. The monoisotopic (exact) mass is 305 g/mol. The second-order valence-corrected chi connectivity index (χ2v) is 8.63. The minimum absolute atomic E-state index is 0.467. The number of hydrogen-bond acceptors (Lipinski definition) is 0. The molecule has 1 heteroatoms. The molecule has 4 atom stereocenters. The standard InChI is InChI=1S/C13H22I/c1-3-12-7-4-8-13(12,14-2)11-6-5-10(12)9-11/h10-11H,3-9H2,1-2H3/q-1/t10-,11+,12+,13+/m1/s1. The molecule has 0 amide bonds. The summed E-state index contributed by atoms with van der Waals surface area (Å²) in [5.41, 5.74) is 0.859. The summed E-state index contributed by atoms with van der Waals surface area (Å²) in [7, 11) is 0. The Kier molecular flexibility index (Phi) is 2.21. The van der Waals surface area contributed by atoms with E-state index in [4.69, 9.17) is 0 Å². The molecule has 0 radical (unpaired) electrons. The first-order valence-corrected chi connectivity index (χ1v) is 9.53. The van der Waals surface area contributed by atoms with Crippen LogP contribution in [0.25, 0.3) is 0 Å². The van der Waals surface area contributed by atoms with E-state index in [9.17, 15) is 0 Å². The molecule has 0 nitrogen and oxygen atoms in total. The first-order chi connectivity index (χ1) is 6.79. The van der Waals surface area contributed by atoms with Gasteiger partial charge >= 0.3 is 98.7 Å². The van der Waals surface area contributed by atoms with Crippen molar-refractivity contribution in [2.24, 2.45) is 17.3 Å². The van der Waals surface area contributed by atoms with E-state index in [2.05, 4.69) is 11.9 Å².